The molecule has 0 bridgehead atoms. The van der Waals surface area contributed by atoms with Crippen molar-refractivity contribution in [3.05, 3.63) is 5.53 Å². The molecule has 0 aromatic heterocycles. The molecule has 0 saturated carbocycles. The molecule has 0 N–H and O–H groups in total. The van der Waals surface area contributed by atoms with Crippen molar-refractivity contribution < 1.29 is 23.7 Å². The quantitative estimate of drug-likeness (QED) is 0.146. The molecule has 0 radical (unpaired) electrons. The van der Waals surface area contributed by atoms with Gasteiger partial charge in [-0.15, -0.1) is 0 Å². The molecule has 0 amide bonds. The minimum atomic E-state index is -2.33. The maximum Gasteiger partial charge on any atom is 1.00 e. The Morgan fingerprint density at radius 1 is 0.577 bits per heavy atom. The Morgan fingerprint density at radius 2 is 0.769 bits per heavy atom. The summed E-state index contributed by atoms with van der Waals surface area (Å²) >= 11 is 0. The summed E-state index contributed by atoms with van der Waals surface area (Å²) in [6.45, 7) is 26.7. The van der Waals surface area contributed by atoms with Crippen LogP contribution in [0.5, 0.6) is 0 Å². The molecule has 0 saturated heterocycles. The summed E-state index contributed by atoms with van der Waals surface area (Å²) in [5.74, 6) is 3.25. The van der Waals surface area contributed by atoms with Gasteiger partial charge in [-0.3, -0.25) is 0 Å². The van der Waals surface area contributed by atoms with Crippen LogP contribution in [-0.4, -0.2) is 61.0 Å². The van der Waals surface area contributed by atoms with Gasteiger partial charge in [0.05, 0.1) is 0 Å². The van der Waals surface area contributed by atoms with Gasteiger partial charge in [-0.1, -0.05) is 0 Å². The standard InChI is InChI=1S/C19H42N5P.Li/c1-14(2)22(15(3)4)25(13-21-20,23(16(5)6)17(7)8)24(18(9)10)19(11)12;/h14-19H,1-12H3;/q;+1. The van der Waals surface area contributed by atoms with Crippen LogP contribution in [0.1, 0.15) is 83.1 Å². The third-order valence-electron chi connectivity index (χ3n) is 4.32. The Hall–Kier alpha value is 0.287. The van der Waals surface area contributed by atoms with E-state index in [0.29, 0.717) is 36.3 Å². The Morgan fingerprint density at radius 3 is 0.885 bits per heavy atom. The van der Waals surface area contributed by atoms with Crippen molar-refractivity contribution in [2.75, 3.05) is 0 Å². The molecule has 0 rings (SSSR count). The summed E-state index contributed by atoms with van der Waals surface area (Å²) in [4.78, 5) is 3.54. The molecule has 0 atom stereocenters. The predicted octanol–water partition coefficient (Wildman–Crippen LogP) is 2.24. The molecule has 0 aliphatic rings. The van der Waals surface area contributed by atoms with Crippen molar-refractivity contribution in [2.45, 2.75) is 119 Å². The maximum atomic E-state index is 9.70. The van der Waals surface area contributed by atoms with E-state index in [1.807, 2.05) is 0 Å². The second-order valence-corrected chi connectivity index (χ2v) is 11.2. The van der Waals surface area contributed by atoms with E-state index in [4.69, 9.17) is 0 Å². The van der Waals surface area contributed by atoms with Crippen LogP contribution in [0.4, 0.5) is 0 Å². The number of hydrogen-bond donors (Lipinski definition) is 0. The molecule has 0 aromatic carbocycles. The van der Waals surface area contributed by atoms with E-state index >= 15 is 0 Å². The summed E-state index contributed by atoms with van der Waals surface area (Å²) in [6.07, 6.45) is 0. The second kappa shape index (κ2) is 12.0. The summed E-state index contributed by atoms with van der Waals surface area (Å²) in [7, 11) is -2.33. The Bertz CT molecular complexity index is 371. The van der Waals surface area contributed by atoms with Gasteiger partial charge in [0.25, 0.3) is 0 Å². The zero-order chi connectivity index (χ0) is 20.1. The summed E-state index contributed by atoms with van der Waals surface area (Å²) < 4.78 is 7.56. The molecule has 0 spiro atoms. The van der Waals surface area contributed by atoms with Gasteiger partial charge >= 0.3 is 18.9 Å². The fourth-order valence-electron chi connectivity index (χ4n) is 4.29. The average Bonchev–Trinajstić information content (AvgIpc) is 2.35. The van der Waals surface area contributed by atoms with Crippen molar-refractivity contribution in [3.8, 4) is 0 Å². The van der Waals surface area contributed by atoms with Gasteiger partial charge in [0.1, 0.15) is 0 Å². The van der Waals surface area contributed by atoms with Crippen LogP contribution in [0.2, 0.25) is 0 Å². The van der Waals surface area contributed by atoms with Gasteiger partial charge in [-0.2, -0.15) is 14.0 Å². The van der Waals surface area contributed by atoms with Crippen LogP contribution >= 0.6 is 7.71 Å². The van der Waals surface area contributed by atoms with Crippen LogP contribution in [0.25, 0.3) is 5.53 Å². The van der Waals surface area contributed by atoms with Gasteiger partial charge < -0.3 is 10.3 Å². The van der Waals surface area contributed by atoms with Gasteiger partial charge in [-0.25, -0.2) is 0 Å². The summed E-state index contributed by atoms with van der Waals surface area (Å²) in [6, 6.07) is 1.85. The Balaban J connectivity index is 0. The molecule has 0 aliphatic heterocycles. The largest absolute Gasteiger partial charge is 1.00 e. The predicted molar refractivity (Wildman–Crippen MR) is 112 cm³/mol. The first kappa shape index (κ1) is 28.5. The number of rotatable bonds is 10. The van der Waals surface area contributed by atoms with Crippen molar-refractivity contribution in [1.29, 1.82) is 0 Å². The van der Waals surface area contributed by atoms with Gasteiger partial charge in [0, 0.05) is 36.3 Å². The van der Waals surface area contributed by atoms with Crippen LogP contribution in [0, 0.1) is 0 Å². The van der Waals surface area contributed by atoms with E-state index in [-0.39, 0.29) is 18.9 Å². The topological polar surface area (TPSA) is 46.1 Å². The van der Waals surface area contributed by atoms with Crippen LogP contribution < -0.4 is 18.9 Å². The minimum absolute atomic E-state index is 0. The minimum Gasteiger partial charge on any atom is -0.403 e. The SMILES string of the molecule is CC(C)N(C(C)C)[P+]([C-]=[N+]=[N-])(N(C(C)C)C(C)C)N(C(C)C)C(C)C.[Li+]. The number of nitrogens with zero attached hydrogens (tertiary/aromatic N) is 5. The van der Waals surface area contributed by atoms with E-state index in [9.17, 15) is 5.53 Å². The molecule has 0 aromatic rings. The summed E-state index contributed by atoms with van der Waals surface area (Å²) in [5, 5.41) is 0. The molecular weight excluding hydrogens is 336 g/mol. The van der Waals surface area contributed by atoms with E-state index in [1.54, 1.807) is 0 Å². The Labute approximate surface area is 176 Å². The fraction of sp³-hybridized carbons (Fsp3) is 0.947. The van der Waals surface area contributed by atoms with E-state index in [1.165, 1.54) is 0 Å². The van der Waals surface area contributed by atoms with Crippen LogP contribution in [0.15, 0.2) is 0 Å². The first-order valence-corrected chi connectivity index (χ1v) is 11.4. The van der Waals surface area contributed by atoms with Crippen molar-refractivity contribution in [3.63, 3.8) is 0 Å². The molecule has 0 fully saturated rings. The average molecular weight is 378 g/mol. The molecule has 26 heavy (non-hydrogen) atoms. The molecule has 0 aliphatic carbocycles. The van der Waals surface area contributed by atoms with Gasteiger partial charge in [-0.05, 0) is 83.1 Å². The molecule has 0 unspecified atom stereocenters. The smallest absolute Gasteiger partial charge is 0.403 e. The summed E-state index contributed by atoms with van der Waals surface area (Å²) in [5.41, 5.74) is 9.70. The van der Waals surface area contributed by atoms with Gasteiger partial charge in [0.15, 0.2) is 13.7 Å². The van der Waals surface area contributed by atoms with Crippen LogP contribution in [0.3, 0.4) is 0 Å². The zero-order valence-corrected chi connectivity index (χ0v) is 20.5. The zero-order valence-electron chi connectivity index (χ0n) is 19.6. The van der Waals surface area contributed by atoms with E-state index in [2.05, 4.69) is 108 Å². The van der Waals surface area contributed by atoms with Crippen molar-refractivity contribution >= 4 is 13.7 Å². The normalized spacial score (nSPS) is 13.1. The monoisotopic (exact) mass is 378 g/mol. The Kier molecular flexibility index (Phi) is 13.1. The molecule has 0 heterocycles. The van der Waals surface area contributed by atoms with Gasteiger partial charge in [0.2, 0.25) is 0 Å². The van der Waals surface area contributed by atoms with Crippen molar-refractivity contribution in [2.24, 2.45) is 0 Å². The molecule has 7 heteroatoms. The van der Waals surface area contributed by atoms with Crippen LogP contribution in [-0.2, 0) is 0 Å². The number of hydrogen-bond acceptors (Lipinski definition) is 3. The van der Waals surface area contributed by atoms with E-state index in [0.717, 1.165) is 0 Å². The fourth-order valence-corrected chi connectivity index (χ4v) is 9.30. The molecule has 5 nitrogen and oxygen atoms in total. The van der Waals surface area contributed by atoms with Crippen molar-refractivity contribution in [1.82, 2.24) is 14.0 Å². The third kappa shape index (κ3) is 6.15. The molecular formula is C19H42LiN5P+. The van der Waals surface area contributed by atoms with E-state index < -0.39 is 7.71 Å². The second-order valence-electron chi connectivity index (χ2n) is 8.47. The third-order valence-corrected chi connectivity index (χ3v) is 9.38. The first-order valence-electron chi connectivity index (χ1n) is 9.72. The molecule has 148 valence electrons. The maximum absolute atomic E-state index is 9.70. The first-order chi connectivity index (χ1) is 11.4.